The molecule has 0 aliphatic carbocycles. The molecule has 0 fully saturated rings. The molecule has 0 bridgehead atoms. The zero-order chi connectivity index (χ0) is 24.4. The lowest BCUT2D eigenvalue weighted by molar-refractivity contribution is 0.0474. The van der Waals surface area contributed by atoms with Gasteiger partial charge in [0.15, 0.2) is 12.4 Å². The Labute approximate surface area is 201 Å². The second-order valence-corrected chi connectivity index (χ2v) is 7.98. The van der Waals surface area contributed by atoms with Gasteiger partial charge in [0.05, 0.1) is 22.4 Å². The summed E-state index contributed by atoms with van der Waals surface area (Å²) in [7, 11) is 0. The fourth-order valence-corrected chi connectivity index (χ4v) is 3.96. The van der Waals surface area contributed by atoms with Crippen molar-refractivity contribution in [2.45, 2.75) is 0 Å². The molecule has 1 aliphatic rings. The second-order valence-electron chi connectivity index (χ2n) is 7.98. The monoisotopic (exact) mass is 461 g/mol. The average molecular weight is 461 g/mol. The number of fused-ring (bicyclic) bond motifs is 1. The van der Waals surface area contributed by atoms with E-state index in [0.717, 1.165) is 16.0 Å². The number of amides is 2. The van der Waals surface area contributed by atoms with Crippen LogP contribution in [0.2, 0.25) is 0 Å². The van der Waals surface area contributed by atoms with Gasteiger partial charge in [0.2, 0.25) is 0 Å². The predicted molar refractivity (Wildman–Crippen MR) is 131 cm³/mol. The number of carbonyl (C=O) groups is 4. The van der Waals surface area contributed by atoms with Crippen molar-refractivity contribution in [3.05, 3.63) is 125 Å². The summed E-state index contributed by atoms with van der Waals surface area (Å²) in [5.41, 5.74) is 3.31. The van der Waals surface area contributed by atoms with Crippen LogP contribution in [0.1, 0.15) is 41.4 Å². The van der Waals surface area contributed by atoms with Crippen LogP contribution < -0.4 is 4.90 Å². The largest absolute Gasteiger partial charge is 0.454 e. The van der Waals surface area contributed by atoms with Crippen LogP contribution in [0.4, 0.5) is 5.69 Å². The van der Waals surface area contributed by atoms with E-state index in [1.165, 1.54) is 18.2 Å². The maximum Gasteiger partial charge on any atom is 0.338 e. The lowest BCUT2D eigenvalue weighted by Gasteiger charge is -2.13. The summed E-state index contributed by atoms with van der Waals surface area (Å²) in [6, 6.07) is 29.6. The highest BCUT2D eigenvalue weighted by atomic mass is 16.5. The van der Waals surface area contributed by atoms with Crippen LogP contribution in [0.25, 0.3) is 11.1 Å². The first-order valence-electron chi connectivity index (χ1n) is 11.0. The van der Waals surface area contributed by atoms with Gasteiger partial charge in [-0.25, -0.2) is 9.69 Å². The molecule has 4 aromatic carbocycles. The van der Waals surface area contributed by atoms with Gasteiger partial charge in [-0.1, -0.05) is 72.8 Å². The van der Waals surface area contributed by atoms with E-state index in [1.807, 2.05) is 42.5 Å². The average Bonchev–Trinajstić information content (AvgIpc) is 3.17. The molecule has 2 amide bonds. The fraction of sp³-hybridized carbons (Fsp3) is 0.0345. The molecule has 0 atom stereocenters. The Morgan fingerprint density at radius 3 is 1.89 bits per heavy atom. The second kappa shape index (κ2) is 9.19. The highest BCUT2D eigenvalue weighted by molar-refractivity contribution is 6.34. The first-order valence-corrected chi connectivity index (χ1v) is 11.0. The Morgan fingerprint density at radius 1 is 0.629 bits per heavy atom. The lowest BCUT2D eigenvalue weighted by atomic mass is 10.0. The number of hydrogen-bond donors (Lipinski definition) is 0. The lowest BCUT2D eigenvalue weighted by Crippen LogP contribution is -2.29. The zero-order valence-electron chi connectivity index (χ0n) is 18.5. The highest BCUT2D eigenvalue weighted by Crippen LogP contribution is 2.29. The Kier molecular flexibility index (Phi) is 5.77. The summed E-state index contributed by atoms with van der Waals surface area (Å²) in [5, 5.41) is 0. The number of imide groups is 1. The molecule has 0 radical (unpaired) electrons. The van der Waals surface area contributed by atoms with Crippen LogP contribution in [-0.2, 0) is 4.74 Å². The highest BCUT2D eigenvalue weighted by Gasteiger charge is 2.37. The van der Waals surface area contributed by atoms with Crippen LogP contribution in [0, 0.1) is 0 Å². The zero-order valence-corrected chi connectivity index (χ0v) is 18.5. The Balaban J connectivity index is 1.26. The van der Waals surface area contributed by atoms with E-state index in [9.17, 15) is 19.2 Å². The Bertz CT molecular complexity index is 1440. The SMILES string of the molecule is O=C(COC(=O)c1ccc2c(c1)C(=O)N(c1ccccc1)C2=O)c1ccc(-c2ccccc2)cc1. The van der Waals surface area contributed by atoms with Crippen molar-refractivity contribution in [1.82, 2.24) is 0 Å². The van der Waals surface area contributed by atoms with Crippen molar-refractivity contribution in [1.29, 1.82) is 0 Å². The normalized spacial score (nSPS) is 12.4. The molecule has 170 valence electrons. The number of rotatable bonds is 6. The van der Waals surface area contributed by atoms with E-state index in [0.29, 0.717) is 11.3 Å². The summed E-state index contributed by atoms with van der Waals surface area (Å²) in [4.78, 5) is 51.8. The van der Waals surface area contributed by atoms with Crippen molar-refractivity contribution >= 4 is 29.3 Å². The number of para-hydroxylation sites is 1. The molecule has 0 N–H and O–H groups in total. The maximum atomic E-state index is 12.9. The van der Waals surface area contributed by atoms with Gasteiger partial charge in [0.25, 0.3) is 11.8 Å². The van der Waals surface area contributed by atoms with Gasteiger partial charge in [0.1, 0.15) is 0 Å². The van der Waals surface area contributed by atoms with Crippen molar-refractivity contribution in [2.24, 2.45) is 0 Å². The van der Waals surface area contributed by atoms with Gasteiger partial charge in [-0.2, -0.15) is 0 Å². The van der Waals surface area contributed by atoms with Crippen molar-refractivity contribution in [2.75, 3.05) is 11.5 Å². The van der Waals surface area contributed by atoms with Crippen LogP contribution >= 0.6 is 0 Å². The fourth-order valence-electron chi connectivity index (χ4n) is 3.96. The molecule has 0 aromatic heterocycles. The van der Waals surface area contributed by atoms with E-state index >= 15 is 0 Å². The first-order chi connectivity index (χ1) is 17.0. The van der Waals surface area contributed by atoms with E-state index in [1.54, 1.807) is 42.5 Å². The number of hydrogen-bond acceptors (Lipinski definition) is 5. The number of benzene rings is 4. The molecule has 6 nitrogen and oxygen atoms in total. The number of Topliss-reactive ketones (excluding diaryl/α,β-unsaturated/α-hetero) is 1. The van der Waals surface area contributed by atoms with Crippen molar-refractivity contribution in [3.63, 3.8) is 0 Å². The summed E-state index contributed by atoms with van der Waals surface area (Å²) in [6.07, 6.45) is 0. The molecule has 1 heterocycles. The third kappa shape index (κ3) is 4.25. The van der Waals surface area contributed by atoms with Crippen LogP contribution in [0.15, 0.2) is 103 Å². The minimum Gasteiger partial charge on any atom is -0.454 e. The van der Waals surface area contributed by atoms with Gasteiger partial charge in [0, 0.05) is 5.56 Å². The summed E-state index contributed by atoms with van der Waals surface area (Å²) in [6.45, 7) is -0.441. The van der Waals surface area contributed by atoms with Crippen molar-refractivity contribution in [3.8, 4) is 11.1 Å². The maximum absolute atomic E-state index is 12.9. The van der Waals surface area contributed by atoms with Gasteiger partial charge in [-0.05, 0) is 41.5 Å². The van der Waals surface area contributed by atoms with Crippen molar-refractivity contribution < 1.29 is 23.9 Å². The minimum absolute atomic E-state index is 0.0898. The summed E-state index contributed by atoms with van der Waals surface area (Å²) >= 11 is 0. The molecule has 5 rings (SSSR count). The van der Waals surface area contributed by atoms with Gasteiger partial charge in [-0.15, -0.1) is 0 Å². The Morgan fingerprint density at radius 2 is 1.20 bits per heavy atom. The third-order valence-corrected chi connectivity index (χ3v) is 5.79. The number of ketones is 1. The smallest absolute Gasteiger partial charge is 0.338 e. The van der Waals surface area contributed by atoms with E-state index in [2.05, 4.69) is 0 Å². The van der Waals surface area contributed by atoms with E-state index < -0.39 is 24.4 Å². The topological polar surface area (TPSA) is 80.8 Å². The van der Waals surface area contributed by atoms with E-state index in [-0.39, 0.29) is 22.5 Å². The summed E-state index contributed by atoms with van der Waals surface area (Å²) in [5.74, 6) is -2.06. The molecule has 35 heavy (non-hydrogen) atoms. The molecule has 0 spiro atoms. The van der Waals surface area contributed by atoms with Crippen LogP contribution in [0.5, 0.6) is 0 Å². The Hall–Kier alpha value is -4.84. The molecule has 0 saturated heterocycles. The number of anilines is 1. The minimum atomic E-state index is -0.750. The predicted octanol–water partition coefficient (Wildman–Crippen LogP) is 5.19. The van der Waals surface area contributed by atoms with Crippen LogP contribution in [0.3, 0.4) is 0 Å². The molecule has 6 heteroatoms. The summed E-state index contributed by atoms with van der Waals surface area (Å²) < 4.78 is 5.19. The molecular formula is C29H19NO5. The third-order valence-electron chi connectivity index (χ3n) is 5.79. The number of nitrogens with zero attached hydrogens (tertiary/aromatic N) is 1. The quantitative estimate of drug-likeness (QED) is 0.224. The number of esters is 1. The van der Waals surface area contributed by atoms with E-state index in [4.69, 9.17) is 4.74 Å². The van der Waals surface area contributed by atoms with Gasteiger partial charge < -0.3 is 4.74 Å². The van der Waals surface area contributed by atoms with Crippen LogP contribution in [-0.4, -0.2) is 30.2 Å². The number of ether oxygens (including phenoxy) is 1. The standard InChI is InChI=1S/C29H19NO5/c31-26(21-13-11-20(12-14-21)19-7-3-1-4-8-19)18-35-29(34)22-15-16-24-25(17-22)28(33)30(27(24)32)23-9-5-2-6-10-23/h1-17H,18H2. The molecular weight excluding hydrogens is 442 g/mol. The molecule has 0 unspecified atom stereocenters. The molecule has 1 aliphatic heterocycles. The van der Waals surface area contributed by atoms with Gasteiger partial charge >= 0.3 is 5.97 Å². The molecule has 0 saturated carbocycles. The first kappa shape index (κ1) is 22.0. The van der Waals surface area contributed by atoms with Gasteiger partial charge in [-0.3, -0.25) is 14.4 Å². The molecule has 4 aromatic rings. The number of carbonyl (C=O) groups excluding carboxylic acids is 4.